The molecule has 1 aliphatic carbocycles. The molecule has 1 aliphatic heterocycles. The highest BCUT2D eigenvalue weighted by Gasteiger charge is 2.26. The smallest absolute Gasteiger partial charge is 0.222 e. The summed E-state index contributed by atoms with van der Waals surface area (Å²) < 4.78 is 6.03. The maximum Gasteiger partial charge on any atom is 0.222 e. The van der Waals surface area contributed by atoms with Gasteiger partial charge in [-0.1, -0.05) is 12.1 Å². The molecule has 3 rings (SSSR count). The van der Waals surface area contributed by atoms with Crippen molar-refractivity contribution in [2.75, 3.05) is 13.1 Å². The van der Waals surface area contributed by atoms with Gasteiger partial charge in [-0.3, -0.25) is 9.59 Å². The minimum atomic E-state index is -0.297. The second kappa shape index (κ2) is 8.37. The summed E-state index contributed by atoms with van der Waals surface area (Å²) in [5.41, 5.74) is 6.51. The number of ether oxygens (including phenoxy) is 1. The van der Waals surface area contributed by atoms with Crippen LogP contribution in [-0.2, 0) is 16.0 Å². The first-order chi connectivity index (χ1) is 12.1. The van der Waals surface area contributed by atoms with Gasteiger partial charge in [-0.25, -0.2) is 0 Å². The number of primary amides is 1. The molecule has 2 aliphatic rings. The molecule has 5 nitrogen and oxygen atoms in total. The summed E-state index contributed by atoms with van der Waals surface area (Å²) in [6, 6.07) is 8.07. The fourth-order valence-electron chi connectivity index (χ4n) is 3.82. The zero-order chi connectivity index (χ0) is 17.6. The number of amides is 2. The molecule has 0 aromatic heterocycles. The molecule has 1 saturated carbocycles. The fraction of sp³-hybridized carbons (Fsp3) is 0.600. The molecule has 1 aromatic carbocycles. The Balaban J connectivity index is 1.50. The molecular formula is C20H28N2O3. The molecule has 5 heteroatoms. The van der Waals surface area contributed by atoms with Crippen molar-refractivity contribution < 1.29 is 14.3 Å². The van der Waals surface area contributed by atoms with Crippen LogP contribution in [-0.4, -0.2) is 35.9 Å². The van der Waals surface area contributed by atoms with Crippen molar-refractivity contribution in [1.82, 2.24) is 4.90 Å². The summed E-state index contributed by atoms with van der Waals surface area (Å²) in [6.45, 7) is 1.20. The van der Waals surface area contributed by atoms with Crippen molar-refractivity contribution in [3.8, 4) is 5.75 Å². The number of nitrogens with zero attached hydrogens (tertiary/aromatic N) is 1. The van der Waals surface area contributed by atoms with Crippen LogP contribution < -0.4 is 10.5 Å². The van der Waals surface area contributed by atoms with Gasteiger partial charge in [0.25, 0.3) is 0 Å². The normalized spacial score (nSPS) is 21.3. The highest BCUT2D eigenvalue weighted by Crippen LogP contribution is 2.25. The standard InChI is InChI=1S/C20H28N2O3/c21-20(24)16-6-4-12-22(14-16)19(23)11-10-15-5-3-9-18(13-15)25-17-7-1-2-8-17/h3,5,9,13,16-17H,1-2,4,6-8,10-12,14H2,(H2,21,24). The first-order valence-corrected chi connectivity index (χ1v) is 9.44. The van der Waals surface area contributed by atoms with Gasteiger partial charge in [0.1, 0.15) is 5.75 Å². The van der Waals surface area contributed by atoms with E-state index in [2.05, 4.69) is 0 Å². The Morgan fingerprint density at radius 1 is 1.16 bits per heavy atom. The van der Waals surface area contributed by atoms with Gasteiger partial charge in [-0.05, 0) is 62.6 Å². The van der Waals surface area contributed by atoms with Gasteiger partial charge < -0.3 is 15.4 Å². The molecule has 2 N–H and O–H groups in total. The molecule has 25 heavy (non-hydrogen) atoms. The molecule has 2 amide bonds. The van der Waals surface area contributed by atoms with Gasteiger partial charge in [0.2, 0.25) is 11.8 Å². The number of rotatable bonds is 6. The molecule has 2 fully saturated rings. The average Bonchev–Trinajstić information content (AvgIpc) is 3.13. The Labute approximate surface area is 149 Å². The van der Waals surface area contributed by atoms with Gasteiger partial charge in [-0.2, -0.15) is 0 Å². The molecule has 1 saturated heterocycles. The maximum absolute atomic E-state index is 12.4. The highest BCUT2D eigenvalue weighted by atomic mass is 16.5. The number of hydrogen-bond donors (Lipinski definition) is 1. The van der Waals surface area contributed by atoms with Crippen molar-refractivity contribution >= 4 is 11.8 Å². The summed E-state index contributed by atoms with van der Waals surface area (Å²) >= 11 is 0. The predicted octanol–water partition coefficient (Wildman–Crippen LogP) is 2.66. The third kappa shape index (κ3) is 4.97. The Morgan fingerprint density at radius 3 is 2.72 bits per heavy atom. The van der Waals surface area contributed by atoms with E-state index in [-0.39, 0.29) is 17.7 Å². The number of benzene rings is 1. The average molecular weight is 344 g/mol. The Hall–Kier alpha value is -2.04. The lowest BCUT2D eigenvalue weighted by Gasteiger charge is -2.31. The minimum absolute atomic E-state index is 0.105. The van der Waals surface area contributed by atoms with E-state index in [1.54, 1.807) is 4.90 Å². The number of carbonyl (C=O) groups is 2. The maximum atomic E-state index is 12.4. The van der Waals surface area contributed by atoms with Crippen LogP contribution in [0, 0.1) is 5.92 Å². The summed E-state index contributed by atoms with van der Waals surface area (Å²) in [6.07, 6.45) is 7.91. The van der Waals surface area contributed by atoms with E-state index in [0.29, 0.717) is 25.5 Å². The third-order valence-electron chi connectivity index (χ3n) is 5.31. The van der Waals surface area contributed by atoms with E-state index in [1.165, 1.54) is 12.8 Å². The minimum Gasteiger partial charge on any atom is -0.490 e. The number of hydrogen-bond acceptors (Lipinski definition) is 3. The summed E-state index contributed by atoms with van der Waals surface area (Å²) in [7, 11) is 0. The van der Waals surface area contributed by atoms with Crippen molar-refractivity contribution in [2.24, 2.45) is 11.7 Å². The molecule has 0 radical (unpaired) electrons. The van der Waals surface area contributed by atoms with Crippen LogP contribution in [0.25, 0.3) is 0 Å². The molecule has 1 unspecified atom stereocenters. The predicted molar refractivity (Wildman–Crippen MR) is 96.1 cm³/mol. The monoisotopic (exact) mass is 344 g/mol. The van der Waals surface area contributed by atoms with E-state index >= 15 is 0 Å². The van der Waals surface area contributed by atoms with Gasteiger partial charge in [0.05, 0.1) is 12.0 Å². The lowest BCUT2D eigenvalue weighted by atomic mass is 9.97. The second-order valence-electron chi connectivity index (χ2n) is 7.25. The zero-order valence-corrected chi connectivity index (χ0v) is 14.8. The SMILES string of the molecule is NC(=O)C1CCCN(C(=O)CCc2cccc(OC3CCCC3)c2)C1. The van der Waals surface area contributed by atoms with Crippen LogP contribution >= 0.6 is 0 Å². The van der Waals surface area contributed by atoms with Crippen molar-refractivity contribution in [2.45, 2.75) is 57.5 Å². The van der Waals surface area contributed by atoms with Gasteiger partial charge in [-0.15, -0.1) is 0 Å². The molecule has 1 aromatic rings. The van der Waals surface area contributed by atoms with Crippen LogP contribution in [0.3, 0.4) is 0 Å². The molecular weight excluding hydrogens is 316 g/mol. The molecule has 136 valence electrons. The quantitative estimate of drug-likeness (QED) is 0.862. The number of likely N-dealkylation sites (tertiary alicyclic amines) is 1. The molecule has 0 bridgehead atoms. The van der Waals surface area contributed by atoms with E-state index in [0.717, 1.165) is 43.5 Å². The van der Waals surface area contributed by atoms with Gasteiger partial charge in [0, 0.05) is 19.5 Å². The first-order valence-electron chi connectivity index (χ1n) is 9.44. The lowest BCUT2D eigenvalue weighted by Crippen LogP contribution is -2.44. The molecule has 1 heterocycles. The Bertz CT molecular complexity index is 611. The zero-order valence-electron chi connectivity index (χ0n) is 14.8. The van der Waals surface area contributed by atoms with E-state index in [4.69, 9.17) is 10.5 Å². The summed E-state index contributed by atoms with van der Waals surface area (Å²) in [5.74, 6) is 0.520. The number of nitrogens with two attached hydrogens (primary N) is 1. The van der Waals surface area contributed by atoms with Crippen LogP contribution in [0.5, 0.6) is 5.75 Å². The molecule has 0 spiro atoms. The van der Waals surface area contributed by atoms with Crippen LogP contribution in [0.2, 0.25) is 0 Å². The van der Waals surface area contributed by atoms with Crippen LogP contribution in [0.15, 0.2) is 24.3 Å². The fourth-order valence-corrected chi connectivity index (χ4v) is 3.82. The van der Waals surface area contributed by atoms with Crippen LogP contribution in [0.4, 0.5) is 0 Å². The second-order valence-corrected chi connectivity index (χ2v) is 7.25. The Morgan fingerprint density at radius 2 is 1.96 bits per heavy atom. The van der Waals surface area contributed by atoms with Crippen molar-refractivity contribution in [3.05, 3.63) is 29.8 Å². The number of aryl methyl sites for hydroxylation is 1. The van der Waals surface area contributed by atoms with E-state index in [9.17, 15) is 9.59 Å². The third-order valence-corrected chi connectivity index (χ3v) is 5.31. The largest absolute Gasteiger partial charge is 0.490 e. The highest BCUT2D eigenvalue weighted by molar-refractivity contribution is 5.80. The number of carbonyl (C=O) groups excluding carboxylic acids is 2. The van der Waals surface area contributed by atoms with Crippen LogP contribution in [0.1, 0.15) is 50.5 Å². The summed E-state index contributed by atoms with van der Waals surface area (Å²) in [4.78, 5) is 25.6. The van der Waals surface area contributed by atoms with Gasteiger partial charge in [0.15, 0.2) is 0 Å². The topological polar surface area (TPSA) is 72.6 Å². The van der Waals surface area contributed by atoms with E-state index in [1.807, 2.05) is 24.3 Å². The number of piperidine rings is 1. The van der Waals surface area contributed by atoms with E-state index < -0.39 is 0 Å². The first kappa shape index (κ1) is 17.8. The summed E-state index contributed by atoms with van der Waals surface area (Å²) in [5, 5.41) is 0. The van der Waals surface area contributed by atoms with Gasteiger partial charge >= 0.3 is 0 Å². The van der Waals surface area contributed by atoms with Crippen molar-refractivity contribution in [1.29, 1.82) is 0 Å². The Kier molecular flexibility index (Phi) is 5.95. The lowest BCUT2D eigenvalue weighted by molar-refractivity contribution is -0.134. The molecule has 1 atom stereocenters. The van der Waals surface area contributed by atoms with Crippen molar-refractivity contribution in [3.63, 3.8) is 0 Å².